The number of rotatable bonds is 3. The third kappa shape index (κ3) is 2.46. The van der Waals surface area contributed by atoms with Crippen LogP contribution in [-0.4, -0.2) is 11.9 Å². The van der Waals surface area contributed by atoms with E-state index in [-0.39, 0.29) is 11.9 Å². The molecule has 0 saturated heterocycles. The first-order valence-corrected chi connectivity index (χ1v) is 7.07. The largest absolute Gasteiger partial charge is 0.491 e. The number of ketones is 1. The number of benzene rings is 2. The molecule has 0 heterocycles. The van der Waals surface area contributed by atoms with Gasteiger partial charge in [0, 0.05) is 12.0 Å². The number of hydrogen-bond donors (Lipinski definition) is 0. The minimum absolute atomic E-state index is 0.187. The van der Waals surface area contributed by atoms with Gasteiger partial charge >= 0.3 is 0 Å². The fourth-order valence-corrected chi connectivity index (χ4v) is 2.63. The second-order valence-corrected chi connectivity index (χ2v) is 5.49. The Bertz CT molecular complexity index is 639. The molecule has 0 aromatic heterocycles. The summed E-state index contributed by atoms with van der Waals surface area (Å²) in [7, 11) is 0. The van der Waals surface area contributed by atoms with Crippen LogP contribution in [0.5, 0.6) is 5.75 Å². The van der Waals surface area contributed by atoms with Crippen LogP contribution in [0.4, 0.5) is 0 Å². The Balaban J connectivity index is 1.88. The summed E-state index contributed by atoms with van der Waals surface area (Å²) < 4.78 is 5.65. The highest BCUT2D eigenvalue weighted by Crippen LogP contribution is 2.29. The van der Waals surface area contributed by atoms with Gasteiger partial charge in [0.2, 0.25) is 0 Å². The van der Waals surface area contributed by atoms with Crippen molar-refractivity contribution in [1.29, 1.82) is 0 Å². The van der Waals surface area contributed by atoms with Gasteiger partial charge in [0.05, 0.1) is 6.10 Å². The Kier molecular flexibility index (Phi) is 3.31. The summed E-state index contributed by atoms with van der Waals surface area (Å²) in [6.45, 7) is 4.04. The van der Waals surface area contributed by atoms with Crippen LogP contribution in [0, 0.1) is 0 Å². The Hall–Kier alpha value is -2.09. The molecule has 0 spiro atoms. The van der Waals surface area contributed by atoms with E-state index in [4.69, 9.17) is 4.74 Å². The van der Waals surface area contributed by atoms with E-state index < -0.39 is 0 Å². The van der Waals surface area contributed by atoms with Crippen molar-refractivity contribution in [2.24, 2.45) is 0 Å². The Morgan fingerprint density at radius 2 is 1.65 bits per heavy atom. The predicted molar refractivity (Wildman–Crippen MR) is 80.3 cm³/mol. The van der Waals surface area contributed by atoms with E-state index in [0.29, 0.717) is 6.42 Å². The highest BCUT2D eigenvalue weighted by molar-refractivity contribution is 6.00. The molecule has 2 heteroatoms. The number of aryl methyl sites for hydroxylation is 1. The molecule has 1 aliphatic carbocycles. The van der Waals surface area contributed by atoms with E-state index in [1.54, 1.807) is 0 Å². The lowest BCUT2D eigenvalue weighted by molar-refractivity contribution is 0.0994. The van der Waals surface area contributed by atoms with E-state index in [2.05, 4.69) is 18.2 Å². The monoisotopic (exact) mass is 266 g/mol. The summed E-state index contributed by atoms with van der Waals surface area (Å²) in [4.78, 5) is 11.6. The second-order valence-electron chi connectivity index (χ2n) is 5.49. The zero-order chi connectivity index (χ0) is 14.1. The molecule has 0 fully saturated rings. The normalized spacial score (nSPS) is 13.7. The van der Waals surface area contributed by atoms with Crippen LogP contribution in [0.25, 0.3) is 11.1 Å². The number of hydrogen-bond acceptors (Lipinski definition) is 2. The summed E-state index contributed by atoms with van der Waals surface area (Å²) in [6.07, 6.45) is 1.71. The van der Waals surface area contributed by atoms with Crippen molar-refractivity contribution < 1.29 is 9.53 Å². The maximum atomic E-state index is 11.6. The Labute approximate surface area is 119 Å². The number of fused-ring (bicyclic) bond motifs is 1. The molecule has 0 bridgehead atoms. The maximum Gasteiger partial charge on any atom is 0.163 e. The van der Waals surface area contributed by atoms with E-state index >= 15 is 0 Å². The molecule has 0 atom stereocenters. The lowest BCUT2D eigenvalue weighted by Gasteiger charge is -2.10. The van der Waals surface area contributed by atoms with Gasteiger partial charge in [-0.2, -0.15) is 0 Å². The summed E-state index contributed by atoms with van der Waals surface area (Å²) in [6, 6.07) is 14.2. The molecular formula is C18H18O2. The molecule has 102 valence electrons. The van der Waals surface area contributed by atoms with Gasteiger partial charge in [-0.1, -0.05) is 30.3 Å². The minimum atomic E-state index is 0.187. The van der Waals surface area contributed by atoms with E-state index in [1.807, 2.05) is 38.1 Å². The molecule has 0 radical (unpaired) electrons. The zero-order valence-corrected chi connectivity index (χ0v) is 11.8. The van der Waals surface area contributed by atoms with Crippen molar-refractivity contribution in [3.05, 3.63) is 53.6 Å². The third-order valence-electron chi connectivity index (χ3n) is 3.59. The van der Waals surface area contributed by atoms with Gasteiger partial charge in [0.1, 0.15) is 5.75 Å². The van der Waals surface area contributed by atoms with Crippen LogP contribution in [-0.2, 0) is 6.42 Å². The first-order valence-electron chi connectivity index (χ1n) is 7.07. The van der Waals surface area contributed by atoms with Crippen LogP contribution in [0.15, 0.2) is 42.5 Å². The SMILES string of the molecule is CC(C)Oc1ccc(-c2ccc3c(c2)CCC3=O)cc1. The fraction of sp³-hybridized carbons (Fsp3) is 0.278. The summed E-state index contributed by atoms with van der Waals surface area (Å²) >= 11 is 0. The number of carbonyl (C=O) groups is 1. The highest BCUT2D eigenvalue weighted by Gasteiger charge is 2.19. The Morgan fingerprint density at radius 3 is 2.35 bits per heavy atom. The van der Waals surface area contributed by atoms with E-state index in [1.165, 1.54) is 5.56 Å². The molecular weight excluding hydrogens is 248 g/mol. The first-order chi connectivity index (χ1) is 9.63. The maximum absolute atomic E-state index is 11.6. The van der Waals surface area contributed by atoms with Crippen LogP contribution < -0.4 is 4.74 Å². The summed E-state index contributed by atoms with van der Waals surface area (Å²) in [5.41, 5.74) is 4.39. The van der Waals surface area contributed by atoms with Crippen molar-refractivity contribution in [3.63, 3.8) is 0 Å². The molecule has 0 aliphatic heterocycles. The van der Waals surface area contributed by atoms with Gasteiger partial charge in [-0.25, -0.2) is 0 Å². The number of carbonyl (C=O) groups excluding carboxylic acids is 1. The van der Waals surface area contributed by atoms with Gasteiger partial charge in [-0.3, -0.25) is 4.79 Å². The number of ether oxygens (including phenoxy) is 1. The quantitative estimate of drug-likeness (QED) is 0.829. The Morgan fingerprint density at radius 1 is 0.950 bits per heavy atom. The highest BCUT2D eigenvalue weighted by atomic mass is 16.5. The van der Waals surface area contributed by atoms with Crippen LogP contribution in [0.2, 0.25) is 0 Å². The van der Waals surface area contributed by atoms with Crippen molar-refractivity contribution >= 4 is 5.78 Å². The predicted octanol–water partition coefficient (Wildman–Crippen LogP) is 4.27. The van der Waals surface area contributed by atoms with Crippen LogP contribution >= 0.6 is 0 Å². The van der Waals surface area contributed by atoms with Crippen molar-refractivity contribution in [2.45, 2.75) is 32.8 Å². The van der Waals surface area contributed by atoms with E-state index in [9.17, 15) is 4.79 Å². The van der Waals surface area contributed by atoms with Gasteiger partial charge in [0.15, 0.2) is 5.78 Å². The van der Waals surface area contributed by atoms with Gasteiger partial charge in [-0.05, 0) is 49.1 Å². The molecule has 20 heavy (non-hydrogen) atoms. The summed E-state index contributed by atoms with van der Waals surface area (Å²) in [5.74, 6) is 1.16. The average molecular weight is 266 g/mol. The fourth-order valence-electron chi connectivity index (χ4n) is 2.63. The second kappa shape index (κ2) is 5.12. The topological polar surface area (TPSA) is 26.3 Å². The number of Topliss-reactive ketones (excluding diaryl/α,β-unsaturated/α-hetero) is 1. The van der Waals surface area contributed by atoms with Crippen molar-refractivity contribution in [1.82, 2.24) is 0 Å². The van der Waals surface area contributed by atoms with Crippen LogP contribution in [0.1, 0.15) is 36.2 Å². The third-order valence-corrected chi connectivity index (χ3v) is 3.59. The molecule has 2 aromatic carbocycles. The smallest absolute Gasteiger partial charge is 0.163 e. The lowest BCUT2D eigenvalue weighted by atomic mass is 10.0. The van der Waals surface area contributed by atoms with Gasteiger partial charge in [-0.15, -0.1) is 0 Å². The lowest BCUT2D eigenvalue weighted by Crippen LogP contribution is -2.05. The van der Waals surface area contributed by atoms with E-state index in [0.717, 1.165) is 28.9 Å². The molecule has 0 N–H and O–H groups in total. The first kappa shape index (κ1) is 12.9. The van der Waals surface area contributed by atoms with Crippen molar-refractivity contribution in [3.8, 4) is 16.9 Å². The molecule has 1 aliphatic rings. The van der Waals surface area contributed by atoms with Crippen LogP contribution in [0.3, 0.4) is 0 Å². The minimum Gasteiger partial charge on any atom is -0.491 e. The van der Waals surface area contributed by atoms with Gasteiger partial charge < -0.3 is 4.74 Å². The molecule has 0 unspecified atom stereocenters. The van der Waals surface area contributed by atoms with Gasteiger partial charge in [0.25, 0.3) is 0 Å². The molecule has 0 amide bonds. The summed E-state index contributed by atoms with van der Waals surface area (Å²) in [5, 5.41) is 0. The average Bonchev–Trinajstić information content (AvgIpc) is 2.80. The zero-order valence-electron chi connectivity index (χ0n) is 11.8. The standard InChI is InChI=1S/C18H18O2/c1-12(2)20-16-7-3-13(4-8-16)14-5-9-17-15(11-14)6-10-18(17)19/h3-5,7-9,11-12H,6,10H2,1-2H3. The molecule has 2 aromatic rings. The molecule has 0 saturated carbocycles. The molecule has 2 nitrogen and oxygen atoms in total. The van der Waals surface area contributed by atoms with Crippen molar-refractivity contribution in [2.75, 3.05) is 0 Å². The molecule has 3 rings (SSSR count).